The van der Waals surface area contributed by atoms with Crippen LogP contribution in [0.4, 0.5) is 5.69 Å². The van der Waals surface area contributed by atoms with E-state index in [1.54, 1.807) is 11.3 Å². The van der Waals surface area contributed by atoms with Crippen LogP contribution < -0.4 is 5.32 Å². The number of nitrogens with one attached hydrogen (secondary N) is 1. The first-order valence-corrected chi connectivity index (χ1v) is 8.62. The molecule has 1 N–H and O–H groups in total. The Morgan fingerprint density at radius 3 is 2.61 bits per heavy atom. The SMILES string of the molecule is CCc1ccc(NC(=O)COC(=O)CCCc2cccs2)cc1. The maximum atomic E-state index is 11.7. The summed E-state index contributed by atoms with van der Waals surface area (Å²) in [6, 6.07) is 11.7. The first kappa shape index (κ1) is 17.2. The Morgan fingerprint density at radius 1 is 1.17 bits per heavy atom. The topological polar surface area (TPSA) is 55.4 Å². The molecule has 122 valence electrons. The van der Waals surface area contributed by atoms with Crippen molar-refractivity contribution in [1.82, 2.24) is 0 Å². The number of hydrogen-bond acceptors (Lipinski definition) is 4. The summed E-state index contributed by atoms with van der Waals surface area (Å²) in [4.78, 5) is 24.6. The van der Waals surface area contributed by atoms with E-state index in [-0.39, 0.29) is 18.5 Å². The number of thiophene rings is 1. The first-order valence-electron chi connectivity index (χ1n) is 7.74. The third kappa shape index (κ3) is 6.24. The van der Waals surface area contributed by atoms with Gasteiger partial charge in [-0.3, -0.25) is 9.59 Å². The number of rotatable bonds is 8. The number of aryl methyl sites for hydroxylation is 2. The van der Waals surface area contributed by atoms with Gasteiger partial charge in [0.25, 0.3) is 5.91 Å². The van der Waals surface area contributed by atoms with Crippen LogP contribution in [-0.2, 0) is 27.2 Å². The Labute approximate surface area is 140 Å². The maximum Gasteiger partial charge on any atom is 0.306 e. The van der Waals surface area contributed by atoms with Crippen LogP contribution in [-0.4, -0.2) is 18.5 Å². The molecule has 2 rings (SSSR count). The summed E-state index contributed by atoms with van der Waals surface area (Å²) in [5.41, 5.74) is 1.92. The van der Waals surface area contributed by atoms with Crippen molar-refractivity contribution in [2.75, 3.05) is 11.9 Å². The Hall–Kier alpha value is -2.14. The standard InChI is InChI=1S/C18H21NO3S/c1-2-14-8-10-15(11-9-14)19-17(20)13-22-18(21)7-3-5-16-6-4-12-23-16/h4,6,8-12H,2-3,5,7,13H2,1H3,(H,19,20). The van der Waals surface area contributed by atoms with E-state index in [0.29, 0.717) is 12.1 Å². The number of ether oxygens (including phenoxy) is 1. The molecule has 0 aliphatic carbocycles. The fourth-order valence-electron chi connectivity index (χ4n) is 2.10. The predicted molar refractivity (Wildman–Crippen MR) is 92.7 cm³/mol. The second-order valence-electron chi connectivity index (χ2n) is 5.19. The maximum absolute atomic E-state index is 11.7. The highest BCUT2D eigenvalue weighted by Gasteiger charge is 2.08. The summed E-state index contributed by atoms with van der Waals surface area (Å²) in [6.45, 7) is 1.83. The number of benzene rings is 1. The molecular formula is C18H21NO3S. The van der Waals surface area contributed by atoms with Crippen molar-refractivity contribution < 1.29 is 14.3 Å². The Morgan fingerprint density at radius 2 is 1.96 bits per heavy atom. The van der Waals surface area contributed by atoms with Gasteiger partial charge in [0, 0.05) is 17.0 Å². The lowest BCUT2D eigenvalue weighted by Gasteiger charge is -2.07. The zero-order valence-electron chi connectivity index (χ0n) is 13.2. The molecule has 0 fully saturated rings. The van der Waals surface area contributed by atoms with Gasteiger partial charge in [0.2, 0.25) is 0 Å². The molecule has 1 heterocycles. The smallest absolute Gasteiger partial charge is 0.306 e. The number of carbonyl (C=O) groups excluding carboxylic acids is 2. The van der Waals surface area contributed by atoms with Crippen LogP contribution in [0, 0.1) is 0 Å². The van der Waals surface area contributed by atoms with Crippen molar-refractivity contribution in [1.29, 1.82) is 0 Å². The molecule has 0 aliphatic rings. The van der Waals surface area contributed by atoms with E-state index >= 15 is 0 Å². The summed E-state index contributed by atoms with van der Waals surface area (Å²) in [5.74, 6) is -0.654. The Balaban J connectivity index is 1.63. The lowest BCUT2D eigenvalue weighted by molar-refractivity contribution is -0.147. The Kier molecular flexibility index (Phi) is 6.81. The van der Waals surface area contributed by atoms with E-state index in [2.05, 4.69) is 12.2 Å². The molecule has 1 amide bonds. The molecule has 0 atom stereocenters. The molecule has 4 nitrogen and oxygen atoms in total. The van der Waals surface area contributed by atoms with Gasteiger partial charge in [-0.1, -0.05) is 25.1 Å². The lowest BCUT2D eigenvalue weighted by Crippen LogP contribution is -2.20. The van der Waals surface area contributed by atoms with Gasteiger partial charge in [0.1, 0.15) is 0 Å². The molecule has 0 unspecified atom stereocenters. The molecule has 0 spiro atoms. The van der Waals surface area contributed by atoms with Gasteiger partial charge in [0.15, 0.2) is 6.61 Å². The van der Waals surface area contributed by atoms with Crippen LogP contribution in [0.3, 0.4) is 0 Å². The number of esters is 1. The third-order valence-electron chi connectivity index (χ3n) is 3.39. The molecule has 0 bridgehead atoms. The summed E-state index contributed by atoms with van der Waals surface area (Å²) < 4.78 is 4.99. The van der Waals surface area contributed by atoms with Gasteiger partial charge in [-0.05, 0) is 48.4 Å². The van der Waals surface area contributed by atoms with Crippen LogP contribution >= 0.6 is 11.3 Å². The van der Waals surface area contributed by atoms with E-state index in [9.17, 15) is 9.59 Å². The molecule has 0 radical (unpaired) electrons. The van der Waals surface area contributed by atoms with Crippen molar-refractivity contribution in [2.45, 2.75) is 32.6 Å². The molecule has 0 saturated heterocycles. The minimum absolute atomic E-state index is 0.243. The fourth-order valence-corrected chi connectivity index (χ4v) is 2.85. The van der Waals surface area contributed by atoms with Gasteiger partial charge in [0.05, 0.1) is 0 Å². The minimum atomic E-state index is -0.335. The molecule has 2 aromatic rings. The highest BCUT2D eigenvalue weighted by Crippen LogP contribution is 2.12. The van der Waals surface area contributed by atoms with E-state index in [0.717, 1.165) is 19.3 Å². The molecule has 1 aromatic carbocycles. The van der Waals surface area contributed by atoms with Gasteiger partial charge in [-0.2, -0.15) is 0 Å². The van der Waals surface area contributed by atoms with Gasteiger partial charge in [-0.15, -0.1) is 11.3 Å². The summed E-state index contributed by atoms with van der Waals surface area (Å²) in [5, 5.41) is 4.73. The van der Waals surface area contributed by atoms with E-state index in [4.69, 9.17) is 4.74 Å². The first-order chi connectivity index (χ1) is 11.2. The monoisotopic (exact) mass is 331 g/mol. The molecule has 5 heteroatoms. The molecule has 23 heavy (non-hydrogen) atoms. The molecule has 0 saturated carbocycles. The third-order valence-corrected chi connectivity index (χ3v) is 4.33. The van der Waals surface area contributed by atoms with Crippen LogP contribution in [0.5, 0.6) is 0 Å². The van der Waals surface area contributed by atoms with Crippen molar-refractivity contribution in [3.05, 3.63) is 52.2 Å². The number of amides is 1. The summed E-state index contributed by atoms with van der Waals surface area (Å²) >= 11 is 1.68. The number of carbonyl (C=O) groups is 2. The van der Waals surface area contributed by atoms with Gasteiger partial charge in [-0.25, -0.2) is 0 Å². The minimum Gasteiger partial charge on any atom is -0.456 e. The van der Waals surface area contributed by atoms with Crippen molar-refractivity contribution in [3.63, 3.8) is 0 Å². The second kappa shape index (κ2) is 9.10. The van der Waals surface area contributed by atoms with Crippen molar-refractivity contribution in [3.8, 4) is 0 Å². The number of anilines is 1. The molecule has 1 aromatic heterocycles. The van der Waals surface area contributed by atoms with Gasteiger partial charge >= 0.3 is 5.97 Å². The van der Waals surface area contributed by atoms with Crippen LogP contribution in [0.1, 0.15) is 30.2 Å². The van der Waals surface area contributed by atoms with E-state index < -0.39 is 0 Å². The normalized spacial score (nSPS) is 10.3. The highest BCUT2D eigenvalue weighted by atomic mass is 32.1. The van der Waals surface area contributed by atoms with E-state index in [1.807, 2.05) is 41.8 Å². The van der Waals surface area contributed by atoms with Crippen LogP contribution in [0.25, 0.3) is 0 Å². The second-order valence-corrected chi connectivity index (χ2v) is 6.22. The van der Waals surface area contributed by atoms with Crippen LogP contribution in [0.2, 0.25) is 0 Å². The predicted octanol–water partition coefficient (Wildman–Crippen LogP) is 3.82. The zero-order chi connectivity index (χ0) is 16.5. The summed E-state index contributed by atoms with van der Waals surface area (Å²) in [6.07, 6.45) is 2.88. The van der Waals surface area contributed by atoms with Gasteiger partial charge < -0.3 is 10.1 Å². The van der Waals surface area contributed by atoms with Crippen LogP contribution in [0.15, 0.2) is 41.8 Å². The largest absolute Gasteiger partial charge is 0.456 e. The van der Waals surface area contributed by atoms with E-state index in [1.165, 1.54) is 10.4 Å². The van der Waals surface area contributed by atoms with Crippen molar-refractivity contribution in [2.24, 2.45) is 0 Å². The average molecular weight is 331 g/mol. The number of hydrogen-bond donors (Lipinski definition) is 1. The molecular weight excluding hydrogens is 310 g/mol. The lowest BCUT2D eigenvalue weighted by atomic mass is 10.1. The fraction of sp³-hybridized carbons (Fsp3) is 0.333. The Bertz CT molecular complexity index is 620. The summed E-state index contributed by atoms with van der Waals surface area (Å²) in [7, 11) is 0. The molecule has 0 aliphatic heterocycles. The highest BCUT2D eigenvalue weighted by molar-refractivity contribution is 7.09. The van der Waals surface area contributed by atoms with Crippen molar-refractivity contribution >= 4 is 28.9 Å². The zero-order valence-corrected chi connectivity index (χ0v) is 14.0. The quantitative estimate of drug-likeness (QED) is 0.748. The average Bonchev–Trinajstić information content (AvgIpc) is 3.07.